The van der Waals surface area contributed by atoms with Gasteiger partial charge >= 0.3 is 0 Å². The van der Waals surface area contributed by atoms with Crippen LogP contribution in [-0.2, 0) is 0 Å². The standard InChI is InChI=1S/C8H16.2C4H8/c1-3-5-7-8-6-4-2;2*1-4(2)3/h3H,1,4-8H2,2H3;2*1H2,2-3H3. The largest absolute Gasteiger partial charge is 0.103 e. The predicted molar refractivity (Wildman–Crippen MR) is 79.9 cm³/mol. The van der Waals surface area contributed by atoms with Gasteiger partial charge in [-0.1, -0.05) is 43.4 Å². The Balaban J connectivity index is -0.000000179. The van der Waals surface area contributed by atoms with E-state index in [1.807, 2.05) is 33.8 Å². The Labute approximate surface area is 104 Å². The number of hydrogen-bond acceptors (Lipinski definition) is 0. The van der Waals surface area contributed by atoms with E-state index in [1.54, 1.807) is 0 Å². The van der Waals surface area contributed by atoms with E-state index >= 15 is 0 Å². The molecule has 0 nitrogen and oxygen atoms in total. The SMILES string of the molecule is C=C(C)C.C=C(C)C.C=CCCCCCC. The second-order valence-corrected chi connectivity index (χ2v) is 4.55. The summed E-state index contributed by atoms with van der Waals surface area (Å²) >= 11 is 0. The average molecular weight is 224 g/mol. The highest BCUT2D eigenvalue weighted by atomic mass is 13.9. The van der Waals surface area contributed by atoms with Crippen LogP contribution < -0.4 is 0 Å². The summed E-state index contributed by atoms with van der Waals surface area (Å²) < 4.78 is 0. The first-order valence-electron chi connectivity index (χ1n) is 6.23. The lowest BCUT2D eigenvalue weighted by molar-refractivity contribution is 0.675. The molecule has 0 saturated carbocycles. The van der Waals surface area contributed by atoms with E-state index in [2.05, 4.69) is 26.7 Å². The van der Waals surface area contributed by atoms with Crippen LogP contribution in [0.3, 0.4) is 0 Å². The third-order valence-corrected chi connectivity index (χ3v) is 1.26. The zero-order chi connectivity index (χ0) is 13.4. The molecule has 0 N–H and O–H groups in total. The van der Waals surface area contributed by atoms with Crippen LogP contribution >= 0.6 is 0 Å². The van der Waals surface area contributed by atoms with Crippen molar-refractivity contribution in [3.8, 4) is 0 Å². The van der Waals surface area contributed by atoms with Crippen LogP contribution in [0.2, 0.25) is 0 Å². The Morgan fingerprint density at radius 2 is 1.25 bits per heavy atom. The molecule has 0 aromatic rings. The maximum Gasteiger partial charge on any atom is -0.0353 e. The highest BCUT2D eigenvalue weighted by Crippen LogP contribution is 2.01. The maximum atomic E-state index is 3.66. The highest BCUT2D eigenvalue weighted by Gasteiger charge is 1.81. The lowest BCUT2D eigenvalue weighted by Gasteiger charge is -1.91. The summed E-state index contributed by atoms with van der Waals surface area (Å²) in [5.74, 6) is 0. The molecular formula is C16H32. The van der Waals surface area contributed by atoms with Crippen molar-refractivity contribution in [3.05, 3.63) is 37.0 Å². The molecule has 0 amide bonds. The minimum Gasteiger partial charge on any atom is -0.103 e. The van der Waals surface area contributed by atoms with E-state index < -0.39 is 0 Å². The quantitative estimate of drug-likeness (QED) is 0.379. The molecule has 0 aliphatic heterocycles. The molecule has 96 valence electrons. The minimum absolute atomic E-state index is 1.17. The van der Waals surface area contributed by atoms with E-state index in [9.17, 15) is 0 Å². The summed E-state index contributed by atoms with van der Waals surface area (Å²) in [4.78, 5) is 0. The third-order valence-electron chi connectivity index (χ3n) is 1.26. The van der Waals surface area contributed by atoms with Gasteiger partial charge in [-0.25, -0.2) is 0 Å². The lowest BCUT2D eigenvalue weighted by atomic mass is 10.2. The Morgan fingerprint density at radius 1 is 0.875 bits per heavy atom. The maximum absolute atomic E-state index is 3.66. The summed E-state index contributed by atoms with van der Waals surface area (Å²) in [5.41, 5.74) is 2.33. The number of hydrogen-bond donors (Lipinski definition) is 0. The molecule has 0 unspecified atom stereocenters. The molecule has 0 saturated heterocycles. The molecule has 0 heteroatoms. The molecule has 0 fully saturated rings. The van der Waals surface area contributed by atoms with Crippen molar-refractivity contribution in [2.24, 2.45) is 0 Å². The predicted octanol–water partition coefficient (Wildman–Crippen LogP) is 6.31. The zero-order valence-corrected chi connectivity index (χ0v) is 12.2. The van der Waals surface area contributed by atoms with Crippen LogP contribution in [0.4, 0.5) is 0 Å². The van der Waals surface area contributed by atoms with E-state index in [0.717, 1.165) is 0 Å². The van der Waals surface area contributed by atoms with Crippen LogP contribution in [0.15, 0.2) is 37.0 Å². The van der Waals surface area contributed by atoms with E-state index in [1.165, 1.54) is 43.3 Å². The van der Waals surface area contributed by atoms with Gasteiger partial charge < -0.3 is 0 Å². The highest BCUT2D eigenvalue weighted by molar-refractivity contribution is 4.79. The van der Waals surface area contributed by atoms with Gasteiger partial charge in [0.15, 0.2) is 0 Å². The van der Waals surface area contributed by atoms with Crippen LogP contribution in [-0.4, -0.2) is 0 Å². The molecule has 16 heavy (non-hydrogen) atoms. The summed E-state index contributed by atoms with van der Waals surface area (Å²) in [5, 5.41) is 0. The van der Waals surface area contributed by atoms with Crippen molar-refractivity contribution in [1.82, 2.24) is 0 Å². The molecule has 0 rings (SSSR count). The fraction of sp³-hybridized carbons (Fsp3) is 0.625. The molecule has 0 heterocycles. The van der Waals surface area contributed by atoms with Gasteiger partial charge in [-0.15, -0.1) is 19.7 Å². The molecule has 0 aliphatic rings. The second kappa shape index (κ2) is 19.7. The monoisotopic (exact) mass is 224 g/mol. The van der Waals surface area contributed by atoms with E-state index in [0.29, 0.717) is 0 Å². The van der Waals surface area contributed by atoms with Crippen molar-refractivity contribution in [2.75, 3.05) is 0 Å². The molecule has 0 bridgehead atoms. The number of unbranched alkanes of at least 4 members (excludes halogenated alkanes) is 4. The lowest BCUT2D eigenvalue weighted by Crippen LogP contribution is -1.71. The molecule has 0 spiro atoms. The summed E-state index contributed by atoms with van der Waals surface area (Å²) in [6.45, 7) is 20.9. The summed E-state index contributed by atoms with van der Waals surface area (Å²) in [6, 6.07) is 0. The summed E-state index contributed by atoms with van der Waals surface area (Å²) in [7, 11) is 0. The van der Waals surface area contributed by atoms with Crippen LogP contribution in [0.1, 0.15) is 66.7 Å². The number of allylic oxidation sites excluding steroid dienone is 3. The van der Waals surface area contributed by atoms with Crippen molar-refractivity contribution in [2.45, 2.75) is 66.7 Å². The second-order valence-electron chi connectivity index (χ2n) is 4.55. The molecule has 0 atom stereocenters. The van der Waals surface area contributed by atoms with Gasteiger partial charge in [-0.2, -0.15) is 0 Å². The van der Waals surface area contributed by atoms with E-state index in [-0.39, 0.29) is 0 Å². The van der Waals surface area contributed by atoms with Crippen molar-refractivity contribution >= 4 is 0 Å². The van der Waals surface area contributed by atoms with Gasteiger partial charge in [-0.05, 0) is 40.5 Å². The van der Waals surface area contributed by atoms with Crippen LogP contribution in [0, 0.1) is 0 Å². The van der Waals surface area contributed by atoms with Crippen molar-refractivity contribution in [3.63, 3.8) is 0 Å². The van der Waals surface area contributed by atoms with Gasteiger partial charge in [0.05, 0.1) is 0 Å². The van der Waals surface area contributed by atoms with E-state index in [4.69, 9.17) is 0 Å². The Hall–Kier alpha value is -0.780. The Kier molecular flexibility index (Phi) is 25.4. The molecule has 0 aromatic carbocycles. The van der Waals surface area contributed by atoms with Gasteiger partial charge in [0.1, 0.15) is 0 Å². The molecule has 0 aliphatic carbocycles. The zero-order valence-electron chi connectivity index (χ0n) is 12.2. The fourth-order valence-corrected chi connectivity index (χ4v) is 0.715. The van der Waals surface area contributed by atoms with Crippen LogP contribution in [0.5, 0.6) is 0 Å². The first-order valence-corrected chi connectivity index (χ1v) is 6.23. The first-order chi connectivity index (χ1) is 7.38. The Bertz CT molecular complexity index is 143. The van der Waals surface area contributed by atoms with Gasteiger partial charge in [-0.3, -0.25) is 0 Å². The topological polar surface area (TPSA) is 0 Å². The summed E-state index contributed by atoms with van der Waals surface area (Å²) in [6.07, 6.45) is 8.61. The van der Waals surface area contributed by atoms with Crippen molar-refractivity contribution in [1.29, 1.82) is 0 Å². The van der Waals surface area contributed by atoms with Gasteiger partial charge in [0.2, 0.25) is 0 Å². The fourth-order valence-electron chi connectivity index (χ4n) is 0.715. The third kappa shape index (κ3) is 111. The first kappa shape index (κ1) is 20.6. The number of rotatable bonds is 5. The molecule has 0 aromatic heterocycles. The smallest absolute Gasteiger partial charge is 0.0353 e. The average Bonchev–Trinajstić information content (AvgIpc) is 2.11. The Morgan fingerprint density at radius 3 is 1.50 bits per heavy atom. The minimum atomic E-state index is 1.17. The molecule has 0 radical (unpaired) electrons. The van der Waals surface area contributed by atoms with Gasteiger partial charge in [0, 0.05) is 0 Å². The van der Waals surface area contributed by atoms with Crippen molar-refractivity contribution < 1.29 is 0 Å². The van der Waals surface area contributed by atoms with Gasteiger partial charge in [0.25, 0.3) is 0 Å². The normalized spacial score (nSPS) is 7.81. The molecular weight excluding hydrogens is 192 g/mol. The van der Waals surface area contributed by atoms with Crippen LogP contribution in [0.25, 0.3) is 0 Å².